The Morgan fingerprint density at radius 3 is 2.61 bits per heavy atom. The molecule has 0 atom stereocenters. The molecular formula is C17H21F2NO3. The molecule has 1 aliphatic rings. The molecule has 23 heavy (non-hydrogen) atoms. The van der Waals surface area contributed by atoms with Crippen molar-refractivity contribution < 1.29 is 23.1 Å². The Morgan fingerprint density at radius 2 is 1.96 bits per heavy atom. The molecule has 0 bridgehead atoms. The molecule has 4 nitrogen and oxygen atoms in total. The first-order valence-corrected chi connectivity index (χ1v) is 7.94. The quantitative estimate of drug-likeness (QED) is 0.617. The summed E-state index contributed by atoms with van der Waals surface area (Å²) in [4.78, 5) is 25.6. The van der Waals surface area contributed by atoms with Gasteiger partial charge in [-0.3, -0.25) is 9.59 Å². The van der Waals surface area contributed by atoms with Crippen molar-refractivity contribution in [3.05, 3.63) is 35.4 Å². The summed E-state index contributed by atoms with van der Waals surface area (Å²) in [6, 6.07) is 2.83. The van der Waals surface area contributed by atoms with E-state index in [1.807, 2.05) is 6.92 Å². The monoisotopic (exact) mass is 325 g/mol. The van der Waals surface area contributed by atoms with E-state index in [0.29, 0.717) is 32.5 Å². The lowest BCUT2D eigenvalue weighted by molar-refractivity contribution is -0.150. The van der Waals surface area contributed by atoms with Crippen molar-refractivity contribution in [1.82, 2.24) is 4.90 Å². The third-order valence-corrected chi connectivity index (χ3v) is 4.02. The highest BCUT2D eigenvalue weighted by Gasteiger charge is 2.29. The lowest BCUT2D eigenvalue weighted by Crippen LogP contribution is -2.41. The average molecular weight is 325 g/mol. The Labute approximate surface area is 134 Å². The molecule has 2 rings (SSSR count). The van der Waals surface area contributed by atoms with Gasteiger partial charge >= 0.3 is 5.97 Å². The minimum atomic E-state index is -0.738. The number of halogens is 2. The fourth-order valence-electron chi connectivity index (χ4n) is 2.58. The van der Waals surface area contributed by atoms with Crippen molar-refractivity contribution in [3.8, 4) is 0 Å². The van der Waals surface area contributed by atoms with E-state index < -0.39 is 17.5 Å². The van der Waals surface area contributed by atoms with Gasteiger partial charge in [-0.05, 0) is 37.5 Å². The first kappa shape index (κ1) is 17.4. The van der Waals surface area contributed by atoms with Gasteiger partial charge in [0.05, 0.1) is 18.1 Å². The summed E-state index contributed by atoms with van der Waals surface area (Å²) >= 11 is 0. The normalized spacial score (nSPS) is 15.5. The highest BCUT2D eigenvalue weighted by molar-refractivity contribution is 5.94. The predicted octanol–water partition coefficient (Wildman–Crippen LogP) is 3.16. The Bertz CT molecular complexity index is 569. The van der Waals surface area contributed by atoms with E-state index in [1.54, 1.807) is 0 Å². The molecule has 0 N–H and O–H groups in total. The van der Waals surface area contributed by atoms with Crippen molar-refractivity contribution in [3.63, 3.8) is 0 Å². The lowest BCUT2D eigenvalue weighted by atomic mass is 9.96. The third kappa shape index (κ3) is 4.50. The van der Waals surface area contributed by atoms with Crippen LogP contribution in [-0.2, 0) is 9.53 Å². The molecule has 6 heteroatoms. The van der Waals surface area contributed by atoms with Crippen LogP contribution in [0.1, 0.15) is 43.0 Å². The summed E-state index contributed by atoms with van der Waals surface area (Å²) in [5.41, 5.74) is -0.269. The molecule has 0 aliphatic carbocycles. The number of likely N-dealkylation sites (tertiary alicyclic amines) is 1. The Hall–Kier alpha value is -1.98. The molecule has 0 radical (unpaired) electrons. The van der Waals surface area contributed by atoms with Gasteiger partial charge in [-0.1, -0.05) is 13.3 Å². The Morgan fingerprint density at radius 1 is 1.26 bits per heavy atom. The maximum atomic E-state index is 13.7. The Balaban J connectivity index is 1.90. The number of piperidine rings is 1. The summed E-state index contributed by atoms with van der Waals surface area (Å²) in [6.45, 7) is 3.11. The van der Waals surface area contributed by atoms with E-state index in [0.717, 1.165) is 31.0 Å². The van der Waals surface area contributed by atoms with Crippen LogP contribution in [0.25, 0.3) is 0 Å². The van der Waals surface area contributed by atoms with Crippen LogP contribution < -0.4 is 0 Å². The van der Waals surface area contributed by atoms with Crippen LogP contribution in [0.4, 0.5) is 8.78 Å². The zero-order chi connectivity index (χ0) is 16.8. The summed E-state index contributed by atoms with van der Waals surface area (Å²) in [5.74, 6) is -2.39. The number of ether oxygens (including phenoxy) is 1. The lowest BCUT2D eigenvalue weighted by Gasteiger charge is -2.31. The van der Waals surface area contributed by atoms with Gasteiger partial charge in [0.15, 0.2) is 0 Å². The van der Waals surface area contributed by atoms with Crippen molar-refractivity contribution in [2.24, 2.45) is 5.92 Å². The van der Waals surface area contributed by atoms with Crippen LogP contribution in [0.2, 0.25) is 0 Å². The van der Waals surface area contributed by atoms with Crippen LogP contribution >= 0.6 is 0 Å². The molecule has 0 spiro atoms. The highest BCUT2D eigenvalue weighted by Crippen LogP contribution is 2.21. The smallest absolute Gasteiger partial charge is 0.309 e. The number of carbonyl (C=O) groups excluding carboxylic acids is 2. The average Bonchev–Trinajstić information content (AvgIpc) is 2.56. The molecule has 1 saturated heterocycles. The van der Waals surface area contributed by atoms with E-state index in [1.165, 1.54) is 4.90 Å². The molecule has 1 aromatic carbocycles. The number of hydrogen-bond donors (Lipinski definition) is 0. The number of hydrogen-bond acceptors (Lipinski definition) is 3. The topological polar surface area (TPSA) is 46.6 Å². The molecule has 126 valence electrons. The second-order valence-electron chi connectivity index (χ2n) is 5.71. The SMILES string of the molecule is CCCCOC(=O)C1CCN(C(=O)c2cc(F)ccc2F)CC1. The number of benzene rings is 1. The molecule has 0 unspecified atom stereocenters. The molecular weight excluding hydrogens is 304 g/mol. The van der Waals surface area contributed by atoms with Gasteiger partial charge in [0.25, 0.3) is 5.91 Å². The van der Waals surface area contributed by atoms with Crippen LogP contribution in [0, 0.1) is 17.6 Å². The van der Waals surface area contributed by atoms with Gasteiger partial charge < -0.3 is 9.64 Å². The van der Waals surface area contributed by atoms with Gasteiger partial charge in [0, 0.05) is 13.1 Å². The second kappa shape index (κ2) is 8.04. The van der Waals surface area contributed by atoms with Crippen LogP contribution in [0.15, 0.2) is 18.2 Å². The number of esters is 1. The molecule has 1 aliphatic heterocycles. The molecule has 1 amide bonds. The number of unbranched alkanes of at least 4 members (excludes halogenated alkanes) is 1. The maximum Gasteiger partial charge on any atom is 0.309 e. The van der Waals surface area contributed by atoms with E-state index in [9.17, 15) is 18.4 Å². The van der Waals surface area contributed by atoms with Crippen LogP contribution in [-0.4, -0.2) is 36.5 Å². The summed E-state index contributed by atoms with van der Waals surface area (Å²) in [7, 11) is 0. The first-order valence-electron chi connectivity index (χ1n) is 7.94. The summed E-state index contributed by atoms with van der Waals surface area (Å²) in [5, 5.41) is 0. The number of amides is 1. The Kier molecular flexibility index (Phi) is 6.07. The van der Waals surface area contributed by atoms with Crippen LogP contribution in [0.5, 0.6) is 0 Å². The van der Waals surface area contributed by atoms with Crippen molar-refractivity contribution in [2.75, 3.05) is 19.7 Å². The van der Waals surface area contributed by atoms with Crippen molar-refractivity contribution in [2.45, 2.75) is 32.6 Å². The zero-order valence-corrected chi connectivity index (χ0v) is 13.2. The minimum Gasteiger partial charge on any atom is -0.465 e. The molecule has 0 saturated carbocycles. The fourth-order valence-corrected chi connectivity index (χ4v) is 2.58. The van der Waals surface area contributed by atoms with Gasteiger partial charge in [0.1, 0.15) is 11.6 Å². The fraction of sp³-hybridized carbons (Fsp3) is 0.529. The zero-order valence-electron chi connectivity index (χ0n) is 13.2. The molecule has 0 aromatic heterocycles. The molecule has 1 aromatic rings. The van der Waals surface area contributed by atoms with Gasteiger partial charge in [0.2, 0.25) is 0 Å². The number of carbonyl (C=O) groups is 2. The minimum absolute atomic E-state index is 0.228. The van der Waals surface area contributed by atoms with E-state index in [4.69, 9.17) is 4.74 Å². The summed E-state index contributed by atoms with van der Waals surface area (Å²) < 4.78 is 32.0. The van der Waals surface area contributed by atoms with Gasteiger partial charge in [-0.15, -0.1) is 0 Å². The molecule has 1 fully saturated rings. The van der Waals surface area contributed by atoms with Crippen molar-refractivity contribution in [1.29, 1.82) is 0 Å². The largest absolute Gasteiger partial charge is 0.465 e. The van der Waals surface area contributed by atoms with E-state index in [2.05, 4.69) is 0 Å². The van der Waals surface area contributed by atoms with E-state index >= 15 is 0 Å². The number of rotatable bonds is 5. The van der Waals surface area contributed by atoms with Crippen molar-refractivity contribution >= 4 is 11.9 Å². The van der Waals surface area contributed by atoms with E-state index in [-0.39, 0.29) is 17.5 Å². The highest BCUT2D eigenvalue weighted by atomic mass is 19.1. The standard InChI is InChI=1S/C17H21F2NO3/c1-2-3-10-23-17(22)12-6-8-20(9-7-12)16(21)14-11-13(18)4-5-15(14)19/h4-5,11-12H,2-3,6-10H2,1H3. The van der Waals surface area contributed by atoms with Crippen LogP contribution in [0.3, 0.4) is 0 Å². The van der Waals surface area contributed by atoms with Gasteiger partial charge in [-0.2, -0.15) is 0 Å². The summed E-state index contributed by atoms with van der Waals surface area (Å²) in [6.07, 6.45) is 2.75. The first-order chi connectivity index (χ1) is 11.0. The number of nitrogens with zero attached hydrogens (tertiary/aromatic N) is 1. The molecule has 1 heterocycles. The third-order valence-electron chi connectivity index (χ3n) is 4.02. The second-order valence-corrected chi connectivity index (χ2v) is 5.71. The predicted molar refractivity (Wildman–Crippen MR) is 80.9 cm³/mol. The van der Waals surface area contributed by atoms with Gasteiger partial charge in [-0.25, -0.2) is 8.78 Å². The maximum absolute atomic E-state index is 13.7.